The summed E-state index contributed by atoms with van der Waals surface area (Å²) in [5, 5.41) is 19.0. The maximum atomic E-state index is 5.56. The standard InChI is InChI=1S/C54H38N4/c1-57-53(46-32-35-20-8-9-23-37(35)38-24-10-11-25-39(38)46)55-52(34-18-4-2-5-19-34)56-54(57)47-33-45-41-27-13-15-29-43(41)51-50(49(45)42-28-14-12-26-40(42)47)44-30-16-17-31-48(44)58(51)36-21-6-3-7-22-36/h2-33,52,54,56H,1H3. The Morgan fingerprint density at radius 2 is 1.03 bits per heavy atom. The van der Waals surface area contributed by atoms with Gasteiger partial charge in [0.25, 0.3) is 0 Å². The monoisotopic (exact) mass is 742 g/mol. The topological polar surface area (TPSA) is 32.6 Å². The molecule has 0 amide bonds. The van der Waals surface area contributed by atoms with Gasteiger partial charge in [-0.1, -0.05) is 164 Å². The molecule has 0 fully saturated rings. The van der Waals surface area contributed by atoms with Crippen molar-refractivity contribution < 1.29 is 0 Å². The van der Waals surface area contributed by atoms with Gasteiger partial charge in [-0.05, 0) is 84.5 Å². The highest BCUT2D eigenvalue weighted by Crippen LogP contribution is 2.47. The summed E-state index contributed by atoms with van der Waals surface area (Å²) in [6.07, 6.45) is -0.461. The third kappa shape index (κ3) is 4.82. The summed E-state index contributed by atoms with van der Waals surface area (Å²) in [4.78, 5) is 7.93. The number of hydrogen-bond acceptors (Lipinski definition) is 3. The largest absolute Gasteiger partial charge is 0.340 e. The van der Waals surface area contributed by atoms with E-state index in [1.54, 1.807) is 0 Å². The minimum absolute atomic E-state index is 0.197. The Kier molecular flexibility index (Phi) is 7.31. The average Bonchev–Trinajstić information content (AvgIpc) is 3.64. The Labute approximate surface area is 335 Å². The van der Waals surface area contributed by atoms with Gasteiger partial charge in [0.05, 0.1) is 11.0 Å². The van der Waals surface area contributed by atoms with E-state index in [4.69, 9.17) is 4.99 Å². The molecule has 2 atom stereocenters. The van der Waals surface area contributed by atoms with Crippen LogP contribution < -0.4 is 5.32 Å². The lowest BCUT2D eigenvalue weighted by molar-refractivity contribution is 0.259. The molecule has 2 unspecified atom stereocenters. The van der Waals surface area contributed by atoms with Crippen LogP contribution in [0.1, 0.15) is 29.0 Å². The molecule has 1 aliphatic heterocycles. The molecule has 1 aromatic heterocycles. The molecule has 0 bridgehead atoms. The number of amidine groups is 1. The van der Waals surface area contributed by atoms with Crippen LogP contribution in [-0.4, -0.2) is 22.4 Å². The smallest absolute Gasteiger partial charge is 0.134 e. The predicted octanol–water partition coefficient (Wildman–Crippen LogP) is 13.2. The molecular formula is C54H38N4. The molecule has 274 valence electrons. The van der Waals surface area contributed by atoms with Gasteiger partial charge in [0, 0.05) is 39.8 Å². The third-order valence-corrected chi connectivity index (χ3v) is 12.4. The van der Waals surface area contributed by atoms with Crippen LogP contribution in [0.25, 0.3) is 81.4 Å². The fourth-order valence-corrected chi connectivity index (χ4v) is 9.87. The van der Waals surface area contributed by atoms with E-state index < -0.39 is 0 Å². The van der Waals surface area contributed by atoms with Crippen molar-refractivity contribution in [2.45, 2.75) is 12.3 Å². The van der Waals surface area contributed by atoms with Gasteiger partial charge in [0.15, 0.2) is 0 Å². The number of hydrogen-bond donors (Lipinski definition) is 1. The van der Waals surface area contributed by atoms with E-state index in [1.165, 1.54) is 81.2 Å². The number of rotatable bonds is 4. The van der Waals surface area contributed by atoms with Crippen LogP contribution >= 0.6 is 0 Å². The molecule has 0 saturated carbocycles. The van der Waals surface area contributed by atoms with Gasteiger partial charge in [0.1, 0.15) is 18.2 Å². The zero-order valence-corrected chi connectivity index (χ0v) is 32.0. The first-order valence-corrected chi connectivity index (χ1v) is 20.1. The summed E-state index contributed by atoms with van der Waals surface area (Å²) in [6.45, 7) is 0. The van der Waals surface area contributed by atoms with E-state index in [-0.39, 0.29) is 12.3 Å². The third-order valence-electron chi connectivity index (χ3n) is 12.4. The van der Waals surface area contributed by atoms with Gasteiger partial charge < -0.3 is 9.47 Å². The van der Waals surface area contributed by atoms with Gasteiger partial charge in [0.2, 0.25) is 0 Å². The van der Waals surface area contributed by atoms with Crippen LogP contribution in [0.15, 0.2) is 199 Å². The van der Waals surface area contributed by atoms with Crippen LogP contribution in [0.4, 0.5) is 0 Å². The van der Waals surface area contributed by atoms with Crippen LogP contribution in [0.2, 0.25) is 0 Å². The Morgan fingerprint density at radius 3 is 1.79 bits per heavy atom. The lowest BCUT2D eigenvalue weighted by atomic mass is 9.89. The molecular weight excluding hydrogens is 705 g/mol. The lowest BCUT2D eigenvalue weighted by Crippen LogP contribution is -2.46. The molecule has 4 heteroatoms. The van der Waals surface area contributed by atoms with Crippen molar-refractivity contribution in [2.75, 3.05) is 7.05 Å². The molecule has 0 aliphatic carbocycles. The number of benzene rings is 10. The molecule has 11 aromatic rings. The Balaban J connectivity index is 1.17. The van der Waals surface area contributed by atoms with Crippen molar-refractivity contribution in [1.82, 2.24) is 14.8 Å². The highest BCUT2D eigenvalue weighted by molar-refractivity contribution is 6.37. The molecule has 2 heterocycles. The second-order valence-corrected chi connectivity index (χ2v) is 15.5. The Morgan fingerprint density at radius 1 is 0.466 bits per heavy atom. The fraction of sp³-hybridized carbons (Fsp3) is 0.0556. The summed E-state index contributed by atoms with van der Waals surface area (Å²) in [5.41, 5.74) is 7.09. The number of fused-ring (bicyclic) bond motifs is 13. The molecule has 0 spiro atoms. The van der Waals surface area contributed by atoms with Crippen LogP contribution in [0.3, 0.4) is 0 Å². The van der Waals surface area contributed by atoms with Gasteiger partial charge in [-0.2, -0.15) is 0 Å². The highest BCUT2D eigenvalue weighted by atomic mass is 15.4. The minimum Gasteiger partial charge on any atom is -0.340 e. The Hall–Kier alpha value is -7.27. The van der Waals surface area contributed by atoms with Crippen molar-refractivity contribution in [2.24, 2.45) is 4.99 Å². The predicted molar refractivity (Wildman–Crippen MR) is 244 cm³/mol. The van der Waals surface area contributed by atoms with Crippen molar-refractivity contribution >= 4 is 81.5 Å². The van der Waals surface area contributed by atoms with E-state index >= 15 is 0 Å². The van der Waals surface area contributed by atoms with Crippen molar-refractivity contribution in [1.29, 1.82) is 0 Å². The summed E-state index contributed by atoms with van der Waals surface area (Å²) >= 11 is 0. The molecule has 1 N–H and O–H groups in total. The van der Waals surface area contributed by atoms with Gasteiger partial charge in [-0.3, -0.25) is 5.32 Å². The van der Waals surface area contributed by atoms with Crippen molar-refractivity contribution in [3.05, 3.63) is 211 Å². The molecule has 10 aromatic carbocycles. The highest BCUT2D eigenvalue weighted by Gasteiger charge is 2.33. The summed E-state index contributed by atoms with van der Waals surface area (Å²) in [7, 11) is 2.20. The van der Waals surface area contributed by atoms with Gasteiger partial charge >= 0.3 is 0 Å². The van der Waals surface area contributed by atoms with Gasteiger partial charge in [-0.25, -0.2) is 4.99 Å². The molecule has 4 nitrogen and oxygen atoms in total. The summed E-state index contributed by atoms with van der Waals surface area (Å²) in [6, 6.07) is 70.7. The normalized spacial score (nSPS) is 16.0. The minimum atomic E-state index is -0.264. The average molecular weight is 743 g/mol. The first-order chi connectivity index (χ1) is 28.7. The maximum absolute atomic E-state index is 5.56. The first-order valence-electron chi connectivity index (χ1n) is 20.1. The van der Waals surface area contributed by atoms with Gasteiger partial charge in [-0.15, -0.1) is 0 Å². The zero-order chi connectivity index (χ0) is 38.3. The van der Waals surface area contributed by atoms with E-state index in [0.717, 1.165) is 22.6 Å². The first kappa shape index (κ1) is 32.9. The Bertz CT molecular complexity index is 3460. The van der Waals surface area contributed by atoms with E-state index in [0.29, 0.717) is 0 Å². The fourth-order valence-electron chi connectivity index (χ4n) is 9.87. The molecule has 12 rings (SSSR count). The number of para-hydroxylation sites is 2. The maximum Gasteiger partial charge on any atom is 0.134 e. The van der Waals surface area contributed by atoms with E-state index in [1.807, 2.05) is 0 Å². The molecule has 0 saturated heterocycles. The second-order valence-electron chi connectivity index (χ2n) is 15.5. The summed E-state index contributed by atoms with van der Waals surface area (Å²) in [5.74, 6) is 0.968. The molecule has 1 aliphatic rings. The van der Waals surface area contributed by atoms with E-state index in [2.05, 4.69) is 216 Å². The molecule has 0 radical (unpaired) electrons. The number of nitrogens with one attached hydrogen (secondary N) is 1. The van der Waals surface area contributed by atoms with Crippen LogP contribution in [0, 0.1) is 0 Å². The van der Waals surface area contributed by atoms with Crippen molar-refractivity contribution in [3.8, 4) is 5.69 Å². The quantitative estimate of drug-likeness (QED) is 0.182. The lowest BCUT2D eigenvalue weighted by Gasteiger charge is -2.40. The number of aromatic nitrogens is 1. The zero-order valence-electron chi connectivity index (χ0n) is 32.0. The summed E-state index contributed by atoms with van der Waals surface area (Å²) < 4.78 is 2.46. The second kappa shape index (κ2) is 12.9. The number of nitrogens with zero attached hydrogens (tertiary/aromatic N) is 3. The van der Waals surface area contributed by atoms with Crippen LogP contribution in [-0.2, 0) is 0 Å². The SMILES string of the molecule is CN1C(c2cc3ccccc3c3ccccc23)=NC(c2ccccc2)NC1c1cc2c3ccccc3c3c(c4ccccc4n3-c3ccccc3)c2c2ccccc12. The molecule has 58 heavy (non-hydrogen) atoms. The van der Waals surface area contributed by atoms with E-state index in [9.17, 15) is 0 Å². The van der Waals surface area contributed by atoms with Crippen molar-refractivity contribution in [3.63, 3.8) is 0 Å². The number of aliphatic imine (C=N–C) groups is 1. The van der Waals surface area contributed by atoms with Crippen LogP contribution in [0.5, 0.6) is 0 Å².